The molecular formula is C48H66N6O12. The van der Waals surface area contributed by atoms with Crippen LogP contribution >= 0.6 is 0 Å². The first kappa shape index (κ1) is 52.9. The molecule has 0 heterocycles. The number of amides is 6. The summed E-state index contributed by atoms with van der Waals surface area (Å²) in [6.07, 6.45) is 0.392. The van der Waals surface area contributed by atoms with Crippen LogP contribution in [0.4, 0.5) is 0 Å². The number of hydrogen-bond acceptors (Lipinski definition) is 12. The molecule has 3 aromatic carbocycles. The van der Waals surface area contributed by atoms with Gasteiger partial charge >= 0.3 is 0 Å². The maximum Gasteiger partial charge on any atom is 0.243 e. The van der Waals surface area contributed by atoms with E-state index in [-0.39, 0.29) is 118 Å². The molecular weight excluding hydrogens is 853 g/mol. The van der Waals surface area contributed by atoms with Crippen molar-refractivity contribution in [1.82, 2.24) is 31.9 Å². The Morgan fingerprint density at radius 1 is 0.424 bits per heavy atom. The van der Waals surface area contributed by atoms with Crippen molar-refractivity contribution >= 4 is 35.4 Å². The Kier molecular flexibility index (Phi) is 24.4. The summed E-state index contributed by atoms with van der Waals surface area (Å²) in [4.78, 5) is 84.0. The minimum Gasteiger partial charge on any atom is -0.394 e. The lowest BCUT2D eigenvalue weighted by atomic mass is 9.73. The van der Waals surface area contributed by atoms with E-state index < -0.39 is 71.3 Å². The summed E-state index contributed by atoms with van der Waals surface area (Å²) in [5, 5.41) is 44.1. The van der Waals surface area contributed by atoms with Crippen molar-refractivity contribution in [2.45, 2.75) is 56.7 Å². The van der Waals surface area contributed by atoms with Crippen LogP contribution in [-0.2, 0) is 62.2 Å². The number of carbonyl (C=O) groups is 6. The van der Waals surface area contributed by atoms with Crippen LogP contribution in [0, 0.1) is 17.8 Å². The van der Waals surface area contributed by atoms with Crippen LogP contribution in [0.2, 0.25) is 0 Å². The molecule has 4 rings (SSSR count). The summed E-state index contributed by atoms with van der Waals surface area (Å²) >= 11 is 0. The lowest BCUT2D eigenvalue weighted by Crippen LogP contribution is -2.54. The zero-order valence-corrected chi connectivity index (χ0v) is 37.4. The van der Waals surface area contributed by atoms with Gasteiger partial charge in [-0.25, -0.2) is 0 Å². The first-order chi connectivity index (χ1) is 32.1. The molecule has 5 atom stereocenters. The number of carbonyl (C=O) groups excluding carboxylic acids is 6. The van der Waals surface area contributed by atoms with Crippen molar-refractivity contribution in [3.63, 3.8) is 0 Å². The van der Waals surface area contributed by atoms with E-state index >= 15 is 0 Å². The van der Waals surface area contributed by atoms with Gasteiger partial charge in [0, 0.05) is 56.7 Å². The molecule has 0 aliphatic heterocycles. The fourth-order valence-electron chi connectivity index (χ4n) is 7.62. The van der Waals surface area contributed by atoms with Gasteiger partial charge in [-0.2, -0.15) is 0 Å². The van der Waals surface area contributed by atoms with Gasteiger partial charge in [0.1, 0.15) is 18.1 Å². The van der Waals surface area contributed by atoms with Crippen molar-refractivity contribution in [2.75, 3.05) is 79.1 Å². The highest BCUT2D eigenvalue weighted by atomic mass is 16.5. The Morgan fingerprint density at radius 2 is 0.682 bits per heavy atom. The molecule has 3 unspecified atom stereocenters. The third kappa shape index (κ3) is 19.4. The quantitative estimate of drug-likeness (QED) is 0.0387. The van der Waals surface area contributed by atoms with E-state index in [0.29, 0.717) is 0 Å². The largest absolute Gasteiger partial charge is 0.394 e. The first-order valence-corrected chi connectivity index (χ1v) is 22.5. The SMILES string of the molecule is O=C(NC(Cc1ccccc1)C(=O)NCCOCCO)C1CC(C(=O)N[C@@H](Cc2ccccc2)C(=O)NCCOCCO)CC(C(=O)N[C@@H](Cc2ccccc2)C(=O)NCCOCCO)C1. The molecule has 18 nitrogen and oxygen atoms in total. The Morgan fingerprint density at radius 3 is 0.924 bits per heavy atom. The van der Waals surface area contributed by atoms with Gasteiger partial charge in [-0.3, -0.25) is 28.8 Å². The Hall–Kier alpha value is -5.76. The molecule has 1 aliphatic rings. The summed E-state index contributed by atoms with van der Waals surface area (Å²) in [6.45, 7) is 0.533. The van der Waals surface area contributed by atoms with Crippen molar-refractivity contribution in [3.05, 3.63) is 108 Å². The number of nitrogens with one attached hydrogen (secondary N) is 6. The zero-order chi connectivity index (χ0) is 47.4. The average molecular weight is 919 g/mol. The van der Waals surface area contributed by atoms with Gasteiger partial charge < -0.3 is 61.4 Å². The number of benzene rings is 3. The van der Waals surface area contributed by atoms with Crippen LogP contribution in [0.25, 0.3) is 0 Å². The minimum absolute atomic E-state index is 0.00737. The van der Waals surface area contributed by atoms with Crippen LogP contribution in [0.5, 0.6) is 0 Å². The van der Waals surface area contributed by atoms with Gasteiger partial charge in [-0.05, 0) is 36.0 Å². The second-order valence-corrected chi connectivity index (χ2v) is 15.9. The fraction of sp³-hybridized carbons (Fsp3) is 0.500. The number of aliphatic hydroxyl groups excluding tert-OH is 3. The van der Waals surface area contributed by atoms with E-state index in [1.54, 1.807) is 0 Å². The van der Waals surface area contributed by atoms with Crippen molar-refractivity contribution in [2.24, 2.45) is 17.8 Å². The molecule has 6 amide bonds. The van der Waals surface area contributed by atoms with Crippen LogP contribution in [0.15, 0.2) is 91.0 Å². The molecule has 0 bridgehead atoms. The van der Waals surface area contributed by atoms with Crippen molar-refractivity contribution in [3.8, 4) is 0 Å². The lowest BCUT2D eigenvalue weighted by molar-refractivity contribution is -0.139. The average Bonchev–Trinajstić information content (AvgIpc) is 3.33. The Bertz CT molecular complexity index is 1690. The molecule has 9 N–H and O–H groups in total. The summed E-state index contributed by atoms with van der Waals surface area (Å²) in [7, 11) is 0. The fourth-order valence-corrected chi connectivity index (χ4v) is 7.62. The van der Waals surface area contributed by atoms with E-state index in [1.807, 2.05) is 91.0 Å². The summed E-state index contributed by atoms with van der Waals surface area (Å²) < 4.78 is 15.9. The summed E-state index contributed by atoms with van der Waals surface area (Å²) in [6, 6.07) is 24.2. The molecule has 1 saturated carbocycles. The van der Waals surface area contributed by atoms with Gasteiger partial charge in [-0.1, -0.05) is 91.0 Å². The molecule has 360 valence electrons. The predicted octanol–water partition coefficient (Wildman–Crippen LogP) is -0.423. The lowest BCUT2D eigenvalue weighted by Gasteiger charge is -2.35. The Labute approximate surface area is 385 Å². The molecule has 18 heteroatoms. The smallest absolute Gasteiger partial charge is 0.243 e. The molecule has 0 spiro atoms. The van der Waals surface area contributed by atoms with Gasteiger partial charge in [0.15, 0.2) is 0 Å². The van der Waals surface area contributed by atoms with E-state index in [2.05, 4.69) is 31.9 Å². The predicted molar refractivity (Wildman–Crippen MR) is 243 cm³/mol. The van der Waals surface area contributed by atoms with E-state index in [0.717, 1.165) is 16.7 Å². The topological polar surface area (TPSA) is 263 Å². The normalized spacial score (nSPS) is 17.0. The van der Waals surface area contributed by atoms with Crippen LogP contribution in [-0.4, -0.2) is 148 Å². The highest BCUT2D eigenvalue weighted by molar-refractivity contribution is 5.93. The maximum absolute atomic E-state index is 14.4. The second-order valence-electron chi connectivity index (χ2n) is 15.9. The number of hydrogen-bond donors (Lipinski definition) is 9. The highest BCUT2D eigenvalue weighted by Crippen LogP contribution is 2.35. The molecule has 1 fully saturated rings. The van der Waals surface area contributed by atoms with Crippen LogP contribution in [0.1, 0.15) is 36.0 Å². The highest BCUT2D eigenvalue weighted by Gasteiger charge is 2.41. The van der Waals surface area contributed by atoms with Gasteiger partial charge in [-0.15, -0.1) is 0 Å². The summed E-state index contributed by atoms with van der Waals surface area (Å²) in [5.41, 5.74) is 2.33. The first-order valence-electron chi connectivity index (χ1n) is 22.5. The number of rotatable bonds is 30. The van der Waals surface area contributed by atoms with Crippen LogP contribution in [0.3, 0.4) is 0 Å². The Balaban J connectivity index is 1.60. The third-order valence-electron chi connectivity index (χ3n) is 10.9. The molecule has 0 saturated heterocycles. The molecule has 66 heavy (non-hydrogen) atoms. The molecule has 0 radical (unpaired) electrons. The van der Waals surface area contributed by atoms with Gasteiger partial charge in [0.25, 0.3) is 0 Å². The summed E-state index contributed by atoms with van der Waals surface area (Å²) in [5.74, 6) is -5.94. The van der Waals surface area contributed by atoms with Gasteiger partial charge in [0.05, 0.1) is 59.5 Å². The zero-order valence-electron chi connectivity index (χ0n) is 37.4. The number of ether oxygens (including phenoxy) is 3. The molecule has 0 aromatic heterocycles. The minimum atomic E-state index is -1.04. The van der Waals surface area contributed by atoms with Crippen LogP contribution < -0.4 is 31.9 Å². The van der Waals surface area contributed by atoms with Gasteiger partial charge in [0.2, 0.25) is 35.4 Å². The third-order valence-corrected chi connectivity index (χ3v) is 10.9. The molecule has 3 aromatic rings. The maximum atomic E-state index is 14.4. The monoisotopic (exact) mass is 918 g/mol. The van der Waals surface area contributed by atoms with E-state index in [1.165, 1.54) is 0 Å². The van der Waals surface area contributed by atoms with E-state index in [9.17, 15) is 28.8 Å². The standard InChI is InChI=1S/C48H66N6O12/c55-19-25-64-22-16-49-46(61)40(28-34-10-4-1-5-11-34)52-43(58)37-31-38(44(59)53-41(29-35-12-6-2-7-13-35)47(62)50-17-23-65-26-20-56)33-39(32-37)45(60)54-42(30-36-14-8-3-9-15-36)48(63)51-18-24-66-27-21-57/h1-15,37-42,55-57H,16-33H2,(H,49,61)(H,50,62)(H,51,63)(H,52,58)(H,53,59)(H,54,60)/t37?,38?,39?,40-,41-,42?/m0/s1. The molecule has 1 aliphatic carbocycles. The second kappa shape index (κ2) is 30.4. The number of aliphatic hydroxyl groups is 3. The van der Waals surface area contributed by atoms with Crippen molar-refractivity contribution < 1.29 is 58.3 Å². The van der Waals surface area contributed by atoms with Crippen molar-refractivity contribution in [1.29, 1.82) is 0 Å². The van der Waals surface area contributed by atoms with E-state index in [4.69, 9.17) is 29.5 Å².